The Hall–Kier alpha value is -0.240. The van der Waals surface area contributed by atoms with Crippen LogP contribution in [-0.4, -0.2) is 5.91 Å². The third-order valence-electron chi connectivity index (χ3n) is 0. The number of nitrogens with one attached hydrogen (secondary N) is 1. The van der Waals surface area contributed by atoms with Crippen molar-refractivity contribution in [2.24, 2.45) is 0 Å². The van der Waals surface area contributed by atoms with E-state index in [4.69, 9.17) is 10.5 Å². The molecule has 0 saturated heterocycles. The first-order chi connectivity index (χ1) is 1.73. The van der Waals surface area contributed by atoms with Gasteiger partial charge in [-0.25, -0.2) is 0 Å². The fourth-order valence-corrected chi connectivity index (χ4v) is 0. The lowest BCUT2D eigenvalue weighted by Crippen LogP contribution is -1.83. The molecule has 0 fully saturated rings. The Balaban J connectivity index is 0. The van der Waals surface area contributed by atoms with E-state index in [1.165, 1.54) is 6.92 Å². The second-order valence-electron chi connectivity index (χ2n) is 0.556. The molecule has 0 aliphatic carbocycles. The van der Waals surface area contributed by atoms with Crippen molar-refractivity contribution in [3.05, 3.63) is 0 Å². The number of carbonyl (C=O) groups is 1. The van der Waals surface area contributed by atoms with Crippen molar-refractivity contribution >= 4 is 18.3 Å². The molecule has 1 amide bonds. The lowest BCUT2D eigenvalue weighted by Gasteiger charge is -1.56. The predicted octanol–water partition coefficient (Wildman–Crippen LogP) is 0.238. The van der Waals surface area contributed by atoms with E-state index in [9.17, 15) is 0 Å². The number of rotatable bonds is 0. The highest BCUT2D eigenvalue weighted by atomic mass is 35.5. The molecule has 0 atom stereocenters. The fourth-order valence-electron chi connectivity index (χ4n) is 0. The van der Waals surface area contributed by atoms with Crippen molar-refractivity contribution in [1.82, 2.24) is 5.73 Å². The van der Waals surface area contributed by atoms with Crippen LogP contribution in [-0.2, 0) is 4.79 Å². The van der Waals surface area contributed by atoms with E-state index in [2.05, 4.69) is 0 Å². The summed E-state index contributed by atoms with van der Waals surface area (Å²) in [6.45, 7) is 1.19. The van der Waals surface area contributed by atoms with Crippen LogP contribution in [0.5, 0.6) is 0 Å². The molecule has 0 aromatic carbocycles. The molecule has 0 aromatic rings. The molecule has 0 rings (SSSR count). The highest BCUT2D eigenvalue weighted by Crippen LogP contribution is 1.39. The zero-order valence-corrected chi connectivity index (χ0v) is 3.63. The summed E-state index contributed by atoms with van der Waals surface area (Å²) >= 11 is 0. The summed E-state index contributed by atoms with van der Waals surface area (Å²) in [7, 11) is 0. The first-order valence-corrected chi connectivity index (χ1v) is 0.954. The Labute approximate surface area is 36.8 Å². The first kappa shape index (κ1) is 8.83. The monoisotopic (exact) mass is 94.0 g/mol. The summed E-state index contributed by atoms with van der Waals surface area (Å²) < 4.78 is 0. The Bertz CT molecular complexity index is 32.6. The molecule has 0 spiro atoms. The fraction of sp³-hybridized carbons (Fsp3) is 0.500. The van der Waals surface area contributed by atoms with Gasteiger partial charge in [0.15, 0.2) is 0 Å². The third-order valence-corrected chi connectivity index (χ3v) is 0. The van der Waals surface area contributed by atoms with Gasteiger partial charge in [0.1, 0.15) is 0 Å². The lowest BCUT2D eigenvalue weighted by molar-refractivity contribution is -0.116. The van der Waals surface area contributed by atoms with Gasteiger partial charge in [-0.05, 0) is 0 Å². The molecule has 0 aliphatic heterocycles. The molecule has 0 aliphatic rings. The van der Waals surface area contributed by atoms with Gasteiger partial charge in [0.2, 0.25) is 5.91 Å². The van der Waals surface area contributed by atoms with Crippen LogP contribution in [0.2, 0.25) is 0 Å². The van der Waals surface area contributed by atoms with Crippen LogP contribution >= 0.6 is 12.4 Å². The van der Waals surface area contributed by atoms with Crippen LogP contribution in [0.25, 0.3) is 0 Å². The molecule has 31 valence electrons. The van der Waals surface area contributed by atoms with Crippen LogP contribution in [0, 0.1) is 0 Å². The van der Waals surface area contributed by atoms with Crippen molar-refractivity contribution in [2.45, 2.75) is 6.92 Å². The van der Waals surface area contributed by atoms with Gasteiger partial charge in [-0.2, -0.15) is 0 Å². The summed E-state index contributed by atoms with van der Waals surface area (Å²) in [6, 6.07) is 0. The molecule has 0 aromatic heterocycles. The topological polar surface area (TPSA) is 40.9 Å². The number of hydrogen-bond donors (Lipinski definition) is 0. The number of hydrogen-bond acceptors (Lipinski definition) is 1. The van der Waals surface area contributed by atoms with Crippen LogP contribution in [0.4, 0.5) is 0 Å². The Kier molecular flexibility index (Phi) is 6.64. The molecule has 3 heteroatoms. The van der Waals surface area contributed by atoms with Gasteiger partial charge in [-0.15, -0.1) is 12.4 Å². The van der Waals surface area contributed by atoms with Crippen molar-refractivity contribution in [3.63, 3.8) is 0 Å². The molecule has 0 unspecified atom stereocenters. The summed E-state index contributed by atoms with van der Waals surface area (Å²) in [5.74, 6) is -0.583. The number of carbonyl (C=O) groups excluding carboxylic acids is 1. The van der Waals surface area contributed by atoms with Crippen LogP contribution in [0.3, 0.4) is 0 Å². The van der Waals surface area contributed by atoms with E-state index in [0.29, 0.717) is 0 Å². The van der Waals surface area contributed by atoms with Crippen molar-refractivity contribution in [1.29, 1.82) is 0 Å². The minimum atomic E-state index is -0.583. The van der Waals surface area contributed by atoms with Gasteiger partial charge in [0.05, 0.1) is 0 Å². The summed E-state index contributed by atoms with van der Waals surface area (Å²) in [5, 5.41) is 0. The number of amides is 1. The Morgan fingerprint density at radius 2 is 1.80 bits per heavy atom. The zero-order valence-electron chi connectivity index (χ0n) is 2.82. The van der Waals surface area contributed by atoms with Crippen molar-refractivity contribution < 1.29 is 4.79 Å². The third kappa shape index (κ3) is 202. The average Bonchev–Trinajstić information content (AvgIpc) is 0.811. The van der Waals surface area contributed by atoms with Gasteiger partial charge in [-0.3, -0.25) is 10.5 Å². The molecule has 5 heavy (non-hydrogen) atoms. The maximum atomic E-state index is 9.11. The van der Waals surface area contributed by atoms with Crippen LogP contribution in [0.15, 0.2) is 0 Å². The second kappa shape index (κ2) is 3.76. The molecule has 0 heterocycles. The minimum absolute atomic E-state index is 0. The lowest BCUT2D eigenvalue weighted by atomic mass is 10.8. The second-order valence-corrected chi connectivity index (χ2v) is 0.556. The van der Waals surface area contributed by atoms with Gasteiger partial charge in [0, 0.05) is 6.92 Å². The maximum absolute atomic E-state index is 9.11. The average molecular weight is 94.5 g/mol. The normalized spacial score (nSPS) is 5.00. The summed E-state index contributed by atoms with van der Waals surface area (Å²) in [4.78, 5) is 9.11. The molecule has 0 bridgehead atoms. The highest BCUT2D eigenvalue weighted by molar-refractivity contribution is 5.85. The van der Waals surface area contributed by atoms with Gasteiger partial charge in [0.25, 0.3) is 0 Å². The first-order valence-electron chi connectivity index (χ1n) is 0.954. The molecule has 1 N–H and O–H groups in total. The van der Waals surface area contributed by atoms with E-state index in [1.807, 2.05) is 0 Å². The smallest absolute Gasteiger partial charge is 0.235 e. The summed E-state index contributed by atoms with van der Waals surface area (Å²) in [5.41, 5.74) is 5.94. The Morgan fingerprint density at radius 1 is 1.80 bits per heavy atom. The van der Waals surface area contributed by atoms with Gasteiger partial charge >= 0.3 is 0 Å². The standard InChI is InChI=1S/C2H4NO.ClH/c1-2(3)4;/h3H,1H3;1H. The summed E-state index contributed by atoms with van der Waals surface area (Å²) in [6.07, 6.45) is 0. The highest BCUT2D eigenvalue weighted by Gasteiger charge is 1.64. The quantitative estimate of drug-likeness (QED) is 0.424. The van der Waals surface area contributed by atoms with Gasteiger partial charge < -0.3 is 0 Å². The SMILES string of the molecule is CC([NH])=O.Cl. The van der Waals surface area contributed by atoms with E-state index in [1.54, 1.807) is 0 Å². The van der Waals surface area contributed by atoms with Crippen molar-refractivity contribution in [3.8, 4) is 0 Å². The maximum Gasteiger partial charge on any atom is 0.235 e. The molecule has 2 nitrogen and oxygen atoms in total. The molecule has 0 saturated carbocycles. The number of halogens is 1. The molecular weight excluding hydrogens is 89.5 g/mol. The van der Waals surface area contributed by atoms with E-state index < -0.39 is 5.91 Å². The van der Waals surface area contributed by atoms with Crippen LogP contribution < -0.4 is 5.73 Å². The minimum Gasteiger partial charge on any atom is -0.274 e. The Morgan fingerprint density at radius 3 is 1.80 bits per heavy atom. The van der Waals surface area contributed by atoms with Crippen LogP contribution in [0.1, 0.15) is 6.92 Å². The largest absolute Gasteiger partial charge is 0.274 e. The zero-order chi connectivity index (χ0) is 3.58. The van der Waals surface area contributed by atoms with E-state index in [-0.39, 0.29) is 12.4 Å². The predicted molar refractivity (Wildman–Crippen MR) is 21.0 cm³/mol. The van der Waals surface area contributed by atoms with Gasteiger partial charge in [-0.1, -0.05) is 0 Å². The molecular formula is C2H5ClNO. The van der Waals surface area contributed by atoms with E-state index in [0.717, 1.165) is 0 Å². The van der Waals surface area contributed by atoms with Crippen molar-refractivity contribution in [2.75, 3.05) is 0 Å². The van der Waals surface area contributed by atoms with E-state index >= 15 is 0 Å². The molecule has 1 radical (unpaired) electrons.